The van der Waals surface area contributed by atoms with Crippen molar-refractivity contribution in [3.8, 4) is 11.4 Å². The highest BCUT2D eigenvalue weighted by atomic mass is 32.2. The molecule has 1 aromatic heterocycles. The number of benzene rings is 1. The largest absolute Gasteiger partial charge is 0.494 e. The second-order valence-electron chi connectivity index (χ2n) is 3.47. The van der Waals surface area contributed by atoms with E-state index in [0.717, 1.165) is 23.0 Å². The van der Waals surface area contributed by atoms with E-state index in [1.54, 1.807) is 18.1 Å². The zero-order valence-electron chi connectivity index (χ0n) is 8.88. The normalized spacial score (nSPS) is 13.1. The molecule has 0 saturated carbocycles. The Morgan fingerprint density at radius 3 is 3.31 bits per heavy atom. The topological polar surface area (TPSA) is 39.9 Å². The molecule has 0 amide bonds. The summed E-state index contributed by atoms with van der Waals surface area (Å²) in [5.74, 6) is 2.79. The van der Waals surface area contributed by atoms with Crippen LogP contribution in [0, 0.1) is 0 Å². The number of rotatable bonds is 2. The van der Waals surface area contributed by atoms with Crippen molar-refractivity contribution in [3.63, 3.8) is 0 Å². The van der Waals surface area contributed by atoms with E-state index in [0.29, 0.717) is 6.61 Å². The maximum Gasteiger partial charge on any atom is 0.147 e. The Kier molecular flexibility index (Phi) is 2.32. The number of hydrogen-bond acceptors (Lipinski definition) is 4. The van der Waals surface area contributed by atoms with Gasteiger partial charge in [0.2, 0.25) is 0 Å². The highest BCUT2D eigenvalue weighted by molar-refractivity contribution is 7.98. The third-order valence-corrected chi connectivity index (χ3v) is 3.52. The number of nitrogens with zero attached hydrogens (tertiary/aromatic N) is 3. The van der Waals surface area contributed by atoms with Crippen LogP contribution in [0.1, 0.15) is 12.7 Å². The maximum absolute atomic E-state index is 5.49. The highest BCUT2D eigenvalue weighted by Crippen LogP contribution is 2.36. The Labute approximate surface area is 97.6 Å². The first-order valence-electron chi connectivity index (χ1n) is 5.17. The average molecular weight is 233 g/mol. The summed E-state index contributed by atoms with van der Waals surface area (Å²) >= 11 is 1.77. The van der Waals surface area contributed by atoms with Gasteiger partial charge >= 0.3 is 0 Å². The Morgan fingerprint density at radius 1 is 1.50 bits per heavy atom. The van der Waals surface area contributed by atoms with Crippen LogP contribution in [0.4, 0.5) is 0 Å². The second kappa shape index (κ2) is 3.83. The molecule has 2 aromatic rings. The van der Waals surface area contributed by atoms with Crippen LogP contribution in [0.2, 0.25) is 0 Å². The molecule has 0 fully saturated rings. The summed E-state index contributed by atoms with van der Waals surface area (Å²) in [4.78, 5) is 1.22. The van der Waals surface area contributed by atoms with Gasteiger partial charge in [0.15, 0.2) is 0 Å². The summed E-state index contributed by atoms with van der Waals surface area (Å²) in [5, 5.41) is 8.01. The van der Waals surface area contributed by atoms with Gasteiger partial charge in [-0.1, -0.05) is 0 Å². The molecule has 1 aromatic carbocycles. The SMILES string of the molecule is CCOc1ccc2c(c1)SCc1nncn1-2. The van der Waals surface area contributed by atoms with Crippen LogP contribution >= 0.6 is 11.8 Å². The molecule has 0 spiro atoms. The van der Waals surface area contributed by atoms with Crippen LogP contribution in [-0.4, -0.2) is 21.4 Å². The van der Waals surface area contributed by atoms with Crippen molar-refractivity contribution in [1.29, 1.82) is 0 Å². The Balaban J connectivity index is 2.07. The van der Waals surface area contributed by atoms with E-state index in [9.17, 15) is 0 Å². The summed E-state index contributed by atoms with van der Waals surface area (Å²) < 4.78 is 7.52. The molecule has 0 bridgehead atoms. The lowest BCUT2D eigenvalue weighted by molar-refractivity contribution is 0.339. The van der Waals surface area contributed by atoms with Crippen molar-refractivity contribution in [2.45, 2.75) is 17.6 Å². The van der Waals surface area contributed by atoms with E-state index in [1.807, 2.05) is 17.6 Å². The predicted molar refractivity (Wildman–Crippen MR) is 62.1 cm³/mol. The number of ether oxygens (including phenoxy) is 1. The van der Waals surface area contributed by atoms with Gasteiger partial charge in [-0.25, -0.2) is 0 Å². The smallest absolute Gasteiger partial charge is 0.147 e. The standard InChI is InChI=1S/C11H11N3OS/c1-2-15-8-3-4-9-10(5-8)16-6-11-13-12-7-14(9)11/h3-5,7H,2,6H2,1H3. The van der Waals surface area contributed by atoms with Crippen molar-refractivity contribution >= 4 is 11.8 Å². The maximum atomic E-state index is 5.49. The fourth-order valence-corrected chi connectivity index (χ4v) is 2.76. The molecule has 4 nitrogen and oxygen atoms in total. The second-order valence-corrected chi connectivity index (χ2v) is 4.49. The van der Waals surface area contributed by atoms with Crippen molar-refractivity contribution < 1.29 is 4.74 Å². The Hall–Kier alpha value is -1.49. The number of hydrogen-bond donors (Lipinski definition) is 0. The molecule has 2 heterocycles. The lowest BCUT2D eigenvalue weighted by Crippen LogP contribution is -2.06. The van der Waals surface area contributed by atoms with Crippen LogP contribution < -0.4 is 4.74 Å². The quantitative estimate of drug-likeness (QED) is 0.797. The molecular formula is C11H11N3OS. The summed E-state index contributed by atoms with van der Waals surface area (Å²) in [5.41, 5.74) is 1.14. The monoisotopic (exact) mass is 233 g/mol. The molecule has 0 atom stereocenters. The minimum atomic E-state index is 0.696. The van der Waals surface area contributed by atoms with Crippen molar-refractivity contribution in [3.05, 3.63) is 30.4 Å². The molecule has 0 radical (unpaired) electrons. The minimum absolute atomic E-state index is 0.696. The third kappa shape index (κ3) is 1.48. The molecule has 1 aliphatic rings. The van der Waals surface area contributed by atoms with Gasteiger partial charge in [0.25, 0.3) is 0 Å². The van der Waals surface area contributed by atoms with Gasteiger partial charge in [-0.05, 0) is 25.1 Å². The highest BCUT2D eigenvalue weighted by Gasteiger charge is 2.17. The molecule has 0 N–H and O–H groups in total. The average Bonchev–Trinajstić information content (AvgIpc) is 2.77. The lowest BCUT2D eigenvalue weighted by Gasteiger charge is -2.17. The number of thioether (sulfide) groups is 1. The van der Waals surface area contributed by atoms with E-state index in [2.05, 4.69) is 22.3 Å². The molecule has 82 valence electrons. The molecule has 0 unspecified atom stereocenters. The van der Waals surface area contributed by atoms with Gasteiger partial charge in [0, 0.05) is 4.90 Å². The van der Waals surface area contributed by atoms with Crippen LogP contribution in [0.25, 0.3) is 5.69 Å². The van der Waals surface area contributed by atoms with Gasteiger partial charge in [0.1, 0.15) is 17.9 Å². The summed E-state index contributed by atoms with van der Waals surface area (Å²) in [6, 6.07) is 6.11. The van der Waals surface area contributed by atoms with Crippen LogP contribution in [0.15, 0.2) is 29.4 Å². The third-order valence-electron chi connectivity index (χ3n) is 2.48. The molecule has 3 rings (SSSR count). The molecule has 1 aliphatic heterocycles. The fraction of sp³-hybridized carbons (Fsp3) is 0.273. The van der Waals surface area contributed by atoms with Crippen molar-refractivity contribution in [2.75, 3.05) is 6.61 Å². The van der Waals surface area contributed by atoms with Crippen molar-refractivity contribution in [2.24, 2.45) is 0 Å². The summed E-state index contributed by atoms with van der Waals surface area (Å²) in [6.45, 7) is 2.69. The zero-order valence-corrected chi connectivity index (χ0v) is 9.70. The van der Waals surface area contributed by atoms with Gasteiger partial charge < -0.3 is 4.74 Å². The first-order valence-corrected chi connectivity index (χ1v) is 6.16. The van der Waals surface area contributed by atoms with Gasteiger partial charge in [-0.2, -0.15) is 0 Å². The first-order chi connectivity index (χ1) is 7.88. The van der Waals surface area contributed by atoms with Crippen molar-refractivity contribution in [1.82, 2.24) is 14.8 Å². The molecule has 5 heteroatoms. The predicted octanol–water partition coefficient (Wildman–Crippen LogP) is 2.27. The minimum Gasteiger partial charge on any atom is -0.494 e. The van der Waals surface area contributed by atoms with E-state index >= 15 is 0 Å². The van der Waals surface area contributed by atoms with E-state index in [4.69, 9.17) is 4.74 Å². The van der Waals surface area contributed by atoms with E-state index in [1.165, 1.54) is 4.90 Å². The van der Waals surface area contributed by atoms with Crippen LogP contribution in [-0.2, 0) is 5.75 Å². The van der Waals surface area contributed by atoms with Gasteiger partial charge in [0.05, 0.1) is 18.0 Å². The fourth-order valence-electron chi connectivity index (χ4n) is 1.77. The number of aromatic nitrogens is 3. The van der Waals surface area contributed by atoms with E-state index < -0.39 is 0 Å². The zero-order chi connectivity index (χ0) is 11.0. The first kappa shape index (κ1) is 9.72. The van der Waals surface area contributed by atoms with Crippen LogP contribution in [0.3, 0.4) is 0 Å². The molecule has 0 aliphatic carbocycles. The Morgan fingerprint density at radius 2 is 2.44 bits per heavy atom. The summed E-state index contributed by atoms with van der Waals surface area (Å²) in [6.07, 6.45) is 1.76. The summed E-state index contributed by atoms with van der Waals surface area (Å²) in [7, 11) is 0. The van der Waals surface area contributed by atoms with Crippen LogP contribution in [0.5, 0.6) is 5.75 Å². The molecule has 16 heavy (non-hydrogen) atoms. The van der Waals surface area contributed by atoms with Gasteiger partial charge in [-0.3, -0.25) is 4.57 Å². The lowest BCUT2D eigenvalue weighted by atomic mass is 10.3. The van der Waals surface area contributed by atoms with E-state index in [-0.39, 0.29) is 0 Å². The molecule has 0 saturated heterocycles. The molecular weight excluding hydrogens is 222 g/mol. The Bertz CT molecular complexity index is 524. The number of fused-ring (bicyclic) bond motifs is 3. The van der Waals surface area contributed by atoms with Gasteiger partial charge in [-0.15, -0.1) is 22.0 Å².